The summed E-state index contributed by atoms with van der Waals surface area (Å²) < 4.78 is 7.19. The summed E-state index contributed by atoms with van der Waals surface area (Å²) in [6.45, 7) is 4.24. The Bertz CT molecular complexity index is 613. The second-order valence-electron chi connectivity index (χ2n) is 5.58. The molecule has 2 aromatic rings. The molecule has 1 aliphatic rings. The molecule has 0 aromatic carbocycles. The molecule has 1 saturated heterocycles. The van der Waals surface area contributed by atoms with E-state index in [1.54, 1.807) is 17.5 Å². The third kappa shape index (κ3) is 3.36. The van der Waals surface area contributed by atoms with Gasteiger partial charge in [0.05, 0.1) is 31.3 Å². The van der Waals surface area contributed by atoms with Gasteiger partial charge in [0.15, 0.2) is 0 Å². The molecule has 0 saturated carbocycles. The van der Waals surface area contributed by atoms with E-state index >= 15 is 0 Å². The van der Waals surface area contributed by atoms with Crippen LogP contribution in [0.3, 0.4) is 0 Å². The molecule has 0 unspecified atom stereocenters. The zero-order valence-corrected chi connectivity index (χ0v) is 13.7. The van der Waals surface area contributed by atoms with Crippen LogP contribution >= 0.6 is 11.3 Å². The molecule has 3 heterocycles. The number of hydrogen-bond donors (Lipinski definition) is 0. The van der Waals surface area contributed by atoms with Crippen LogP contribution in [0.15, 0.2) is 17.6 Å². The average molecular weight is 320 g/mol. The maximum atomic E-state index is 12.8. The fourth-order valence-corrected chi connectivity index (χ4v) is 3.23. The van der Waals surface area contributed by atoms with Crippen LogP contribution in [0.25, 0.3) is 0 Å². The predicted octanol–water partition coefficient (Wildman–Crippen LogP) is 1.75. The maximum Gasteiger partial charge on any atom is 0.228 e. The van der Waals surface area contributed by atoms with Gasteiger partial charge in [-0.05, 0) is 19.4 Å². The quantitative estimate of drug-likeness (QED) is 0.842. The first-order valence-corrected chi connectivity index (χ1v) is 8.26. The average Bonchev–Trinajstić information content (AvgIpc) is 3.22. The van der Waals surface area contributed by atoms with Gasteiger partial charge in [0.1, 0.15) is 5.01 Å². The van der Waals surface area contributed by atoms with Gasteiger partial charge in [-0.25, -0.2) is 4.98 Å². The van der Waals surface area contributed by atoms with Gasteiger partial charge in [-0.15, -0.1) is 11.3 Å². The smallest absolute Gasteiger partial charge is 0.228 e. The molecule has 0 N–H and O–H groups in total. The molecule has 1 fully saturated rings. The van der Waals surface area contributed by atoms with Crippen molar-refractivity contribution in [3.05, 3.63) is 34.0 Å². The number of rotatable bonds is 5. The Kier molecular flexibility index (Phi) is 4.54. The SMILES string of the molecule is Cc1cc(CN(Cc2nccs2)C(=O)[C@@H]2CCOC2)nn1C. The summed E-state index contributed by atoms with van der Waals surface area (Å²) in [6.07, 6.45) is 2.57. The Labute approximate surface area is 133 Å². The van der Waals surface area contributed by atoms with Gasteiger partial charge in [-0.1, -0.05) is 0 Å². The molecule has 0 radical (unpaired) electrons. The van der Waals surface area contributed by atoms with Crippen LogP contribution in [0.4, 0.5) is 0 Å². The molecule has 0 spiro atoms. The first-order valence-electron chi connectivity index (χ1n) is 7.38. The van der Waals surface area contributed by atoms with Gasteiger partial charge in [0, 0.05) is 30.9 Å². The van der Waals surface area contributed by atoms with Crippen LogP contribution in [0.5, 0.6) is 0 Å². The summed E-state index contributed by atoms with van der Waals surface area (Å²) >= 11 is 1.57. The predicted molar refractivity (Wildman–Crippen MR) is 83.2 cm³/mol. The molecule has 0 aliphatic carbocycles. The van der Waals surface area contributed by atoms with Gasteiger partial charge < -0.3 is 9.64 Å². The van der Waals surface area contributed by atoms with Crippen molar-refractivity contribution in [2.45, 2.75) is 26.4 Å². The second-order valence-corrected chi connectivity index (χ2v) is 6.56. The van der Waals surface area contributed by atoms with Crippen LogP contribution in [-0.4, -0.2) is 38.8 Å². The summed E-state index contributed by atoms with van der Waals surface area (Å²) in [7, 11) is 1.91. The molecule has 1 amide bonds. The van der Waals surface area contributed by atoms with Crippen LogP contribution in [0.2, 0.25) is 0 Å². The van der Waals surface area contributed by atoms with Crippen molar-refractivity contribution in [1.82, 2.24) is 19.7 Å². The largest absolute Gasteiger partial charge is 0.381 e. The van der Waals surface area contributed by atoms with Crippen molar-refractivity contribution in [3.63, 3.8) is 0 Å². The van der Waals surface area contributed by atoms with E-state index in [1.165, 1.54) is 0 Å². The minimum absolute atomic E-state index is 0.0372. The van der Waals surface area contributed by atoms with E-state index in [1.807, 2.05) is 35.0 Å². The zero-order chi connectivity index (χ0) is 15.5. The molecule has 1 atom stereocenters. The van der Waals surface area contributed by atoms with Gasteiger partial charge in [-0.3, -0.25) is 9.48 Å². The number of ether oxygens (including phenoxy) is 1. The standard InChI is InChI=1S/C15H20N4O2S/c1-11-7-13(17-18(11)2)8-19(9-14-16-4-6-22-14)15(20)12-3-5-21-10-12/h4,6-7,12H,3,5,8-10H2,1-2H3/t12-/m1/s1. The highest BCUT2D eigenvalue weighted by Gasteiger charge is 2.29. The number of amides is 1. The molecular weight excluding hydrogens is 300 g/mol. The number of carbonyl (C=O) groups excluding carboxylic acids is 1. The molecule has 118 valence electrons. The molecule has 3 rings (SSSR count). The third-order valence-corrected chi connectivity index (χ3v) is 4.68. The van der Waals surface area contributed by atoms with Gasteiger partial charge >= 0.3 is 0 Å². The van der Waals surface area contributed by atoms with Crippen molar-refractivity contribution < 1.29 is 9.53 Å². The lowest BCUT2D eigenvalue weighted by molar-refractivity contribution is -0.136. The van der Waals surface area contributed by atoms with Gasteiger partial charge in [-0.2, -0.15) is 5.10 Å². The van der Waals surface area contributed by atoms with Gasteiger partial charge in [0.2, 0.25) is 5.91 Å². The van der Waals surface area contributed by atoms with Crippen molar-refractivity contribution in [1.29, 1.82) is 0 Å². The van der Waals surface area contributed by atoms with Crippen molar-refractivity contribution in [3.8, 4) is 0 Å². The number of aromatic nitrogens is 3. The molecule has 22 heavy (non-hydrogen) atoms. The number of carbonyl (C=O) groups is 1. The normalized spacial score (nSPS) is 17.8. The molecule has 1 aliphatic heterocycles. The Morgan fingerprint density at radius 2 is 2.41 bits per heavy atom. The van der Waals surface area contributed by atoms with Crippen LogP contribution < -0.4 is 0 Å². The lowest BCUT2D eigenvalue weighted by atomic mass is 10.1. The first kappa shape index (κ1) is 15.2. The fourth-order valence-electron chi connectivity index (χ4n) is 2.60. The molecule has 0 bridgehead atoms. The molecular formula is C15H20N4O2S. The number of hydrogen-bond acceptors (Lipinski definition) is 5. The Morgan fingerprint density at radius 3 is 3.00 bits per heavy atom. The minimum Gasteiger partial charge on any atom is -0.381 e. The lowest BCUT2D eigenvalue weighted by Gasteiger charge is -2.23. The summed E-state index contributed by atoms with van der Waals surface area (Å²) in [5, 5.41) is 7.34. The number of thiazole rings is 1. The highest BCUT2D eigenvalue weighted by atomic mass is 32.1. The fraction of sp³-hybridized carbons (Fsp3) is 0.533. The van der Waals surface area contributed by atoms with Crippen molar-refractivity contribution in [2.24, 2.45) is 13.0 Å². The van der Waals surface area contributed by atoms with E-state index in [-0.39, 0.29) is 11.8 Å². The van der Waals surface area contributed by atoms with E-state index in [4.69, 9.17) is 4.74 Å². The third-order valence-electron chi connectivity index (χ3n) is 3.92. The first-order chi connectivity index (χ1) is 10.6. The zero-order valence-electron chi connectivity index (χ0n) is 12.9. The van der Waals surface area contributed by atoms with Crippen molar-refractivity contribution in [2.75, 3.05) is 13.2 Å². The van der Waals surface area contributed by atoms with E-state index in [2.05, 4.69) is 10.1 Å². The topological polar surface area (TPSA) is 60.3 Å². The summed E-state index contributed by atoms with van der Waals surface area (Å²) in [5.74, 6) is 0.0979. The summed E-state index contributed by atoms with van der Waals surface area (Å²) in [4.78, 5) is 18.9. The highest BCUT2D eigenvalue weighted by molar-refractivity contribution is 7.09. The maximum absolute atomic E-state index is 12.8. The Balaban J connectivity index is 1.76. The monoisotopic (exact) mass is 320 g/mol. The highest BCUT2D eigenvalue weighted by Crippen LogP contribution is 2.20. The Morgan fingerprint density at radius 1 is 1.55 bits per heavy atom. The number of aryl methyl sites for hydroxylation is 2. The van der Waals surface area contributed by atoms with Crippen LogP contribution in [0, 0.1) is 12.8 Å². The van der Waals surface area contributed by atoms with Gasteiger partial charge in [0.25, 0.3) is 0 Å². The lowest BCUT2D eigenvalue weighted by Crippen LogP contribution is -2.35. The Hall–Kier alpha value is -1.73. The van der Waals surface area contributed by atoms with Crippen LogP contribution in [-0.2, 0) is 29.7 Å². The summed E-state index contributed by atoms with van der Waals surface area (Å²) in [6, 6.07) is 2.02. The molecule has 6 nitrogen and oxygen atoms in total. The van der Waals surface area contributed by atoms with E-state index < -0.39 is 0 Å². The van der Waals surface area contributed by atoms with Crippen molar-refractivity contribution >= 4 is 17.2 Å². The molecule has 2 aromatic heterocycles. The molecule has 7 heteroatoms. The summed E-state index contributed by atoms with van der Waals surface area (Å²) in [5.41, 5.74) is 1.99. The van der Waals surface area contributed by atoms with E-state index in [9.17, 15) is 4.79 Å². The second kappa shape index (κ2) is 6.58. The number of nitrogens with zero attached hydrogens (tertiary/aromatic N) is 4. The minimum atomic E-state index is -0.0372. The van der Waals surface area contributed by atoms with Crippen LogP contribution in [0.1, 0.15) is 22.8 Å². The van der Waals surface area contributed by atoms with E-state index in [0.717, 1.165) is 22.8 Å². The van der Waals surface area contributed by atoms with E-state index in [0.29, 0.717) is 26.3 Å².